The van der Waals surface area contributed by atoms with Crippen LogP contribution in [0.15, 0.2) is 18.5 Å². The van der Waals surface area contributed by atoms with Crippen molar-refractivity contribution in [3.05, 3.63) is 24.0 Å². The molecule has 1 aromatic rings. The normalized spacial score (nSPS) is 12.7. The Morgan fingerprint density at radius 2 is 2.05 bits per heavy atom. The fourth-order valence-electron chi connectivity index (χ4n) is 1.53. The average Bonchev–Trinajstić information content (AvgIpc) is 2.38. The van der Waals surface area contributed by atoms with Crippen LogP contribution < -0.4 is 10.0 Å². The van der Waals surface area contributed by atoms with Gasteiger partial charge in [-0.2, -0.15) is 0 Å². The fourth-order valence-corrected chi connectivity index (χ4v) is 2.83. The highest BCUT2D eigenvalue weighted by Gasteiger charge is 2.20. The third-order valence-electron chi connectivity index (χ3n) is 2.48. The van der Waals surface area contributed by atoms with Gasteiger partial charge in [-0.15, -0.1) is 0 Å². The van der Waals surface area contributed by atoms with Gasteiger partial charge in [0.2, 0.25) is 15.9 Å². The first kappa shape index (κ1) is 17.1. The number of hydrogen-bond acceptors (Lipinski definition) is 5. The number of sulfonamides is 1. The number of aromatic carboxylic acids is 1. The Kier molecular flexibility index (Phi) is 5.79. The van der Waals surface area contributed by atoms with Crippen LogP contribution in [0.25, 0.3) is 0 Å². The smallest absolute Gasteiger partial charge is 0.337 e. The van der Waals surface area contributed by atoms with E-state index >= 15 is 0 Å². The summed E-state index contributed by atoms with van der Waals surface area (Å²) in [6.07, 6.45) is 2.86. The van der Waals surface area contributed by atoms with Crippen molar-refractivity contribution in [2.45, 2.75) is 26.3 Å². The SMILES string of the molecule is CCCS(=O)(=O)NC(C)C(=O)Nc1cncc(C(=O)O)c1. The van der Waals surface area contributed by atoms with E-state index in [1.807, 2.05) is 0 Å². The van der Waals surface area contributed by atoms with Crippen LogP contribution in [0.1, 0.15) is 30.6 Å². The maximum absolute atomic E-state index is 11.9. The van der Waals surface area contributed by atoms with Crippen molar-refractivity contribution in [3.63, 3.8) is 0 Å². The molecule has 116 valence electrons. The van der Waals surface area contributed by atoms with Gasteiger partial charge in [0.05, 0.1) is 29.2 Å². The van der Waals surface area contributed by atoms with Crippen LogP contribution in [0.2, 0.25) is 0 Å². The number of nitrogens with zero attached hydrogens (tertiary/aromatic N) is 1. The molecule has 1 atom stereocenters. The third kappa shape index (κ3) is 5.48. The molecule has 0 saturated heterocycles. The first-order valence-electron chi connectivity index (χ1n) is 6.24. The number of carbonyl (C=O) groups excluding carboxylic acids is 1. The Morgan fingerprint density at radius 1 is 1.38 bits per heavy atom. The maximum atomic E-state index is 11.9. The summed E-state index contributed by atoms with van der Waals surface area (Å²) in [5.74, 6) is -1.84. The number of rotatable bonds is 7. The zero-order valence-electron chi connectivity index (χ0n) is 11.7. The Morgan fingerprint density at radius 3 is 2.62 bits per heavy atom. The molecule has 0 aliphatic carbocycles. The molecule has 1 unspecified atom stereocenters. The van der Waals surface area contributed by atoms with Gasteiger partial charge in [0.1, 0.15) is 0 Å². The number of anilines is 1. The second-order valence-corrected chi connectivity index (χ2v) is 6.29. The molecule has 1 rings (SSSR count). The molecule has 8 nitrogen and oxygen atoms in total. The first-order chi connectivity index (χ1) is 9.75. The van der Waals surface area contributed by atoms with E-state index in [-0.39, 0.29) is 17.0 Å². The highest BCUT2D eigenvalue weighted by molar-refractivity contribution is 7.89. The van der Waals surface area contributed by atoms with E-state index in [1.165, 1.54) is 19.2 Å². The van der Waals surface area contributed by atoms with Gasteiger partial charge in [-0.05, 0) is 19.4 Å². The van der Waals surface area contributed by atoms with Crippen LogP contribution in [0.4, 0.5) is 5.69 Å². The van der Waals surface area contributed by atoms with Gasteiger partial charge in [-0.25, -0.2) is 17.9 Å². The Labute approximate surface area is 122 Å². The van der Waals surface area contributed by atoms with Crippen LogP contribution in [-0.4, -0.2) is 42.2 Å². The molecule has 9 heteroatoms. The zero-order valence-corrected chi connectivity index (χ0v) is 12.5. The molecule has 0 bridgehead atoms. The third-order valence-corrected chi connectivity index (χ3v) is 4.13. The lowest BCUT2D eigenvalue weighted by Gasteiger charge is -2.14. The van der Waals surface area contributed by atoms with Crippen molar-refractivity contribution in [3.8, 4) is 0 Å². The number of carboxylic acids is 1. The van der Waals surface area contributed by atoms with Crippen molar-refractivity contribution < 1.29 is 23.1 Å². The zero-order chi connectivity index (χ0) is 16.0. The van der Waals surface area contributed by atoms with Crippen molar-refractivity contribution in [2.75, 3.05) is 11.1 Å². The van der Waals surface area contributed by atoms with E-state index in [1.54, 1.807) is 6.92 Å². The van der Waals surface area contributed by atoms with Gasteiger partial charge in [0.25, 0.3) is 0 Å². The van der Waals surface area contributed by atoms with Crippen LogP contribution in [0.3, 0.4) is 0 Å². The van der Waals surface area contributed by atoms with E-state index in [0.717, 1.165) is 6.20 Å². The highest BCUT2D eigenvalue weighted by Crippen LogP contribution is 2.09. The molecular formula is C12H17N3O5S. The van der Waals surface area contributed by atoms with Gasteiger partial charge in [-0.1, -0.05) is 6.92 Å². The van der Waals surface area contributed by atoms with Gasteiger partial charge >= 0.3 is 5.97 Å². The summed E-state index contributed by atoms with van der Waals surface area (Å²) < 4.78 is 25.4. The minimum atomic E-state index is -3.51. The second-order valence-electron chi connectivity index (χ2n) is 4.42. The van der Waals surface area contributed by atoms with E-state index in [0.29, 0.717) is 6.42 Å². The Balaban J connectivity index is 2.72. The number of carbonyl (C=O) groups is 2. The predicted molar refractivity (Wildman–Crippen MR) is 76.5 cm³/mol. The summed E-state index contributed by atoms with van der Waals surface area (Å²) in [5, 5.41) is 11.2. The lowest BCUT2D eigenvalue weighted by Crippen LogP contribution is -2.42. The molecule has 0 radical (unpaired) electrons. The molecule has 0 fully saturated rings. The molecule has 0 aliphatic heterocycles. The first-order valence-corrected chi connectivity index (χ1v) is 7.89. The van der Waals surface area contributed by atoms with Crippen LogP contribution in [0.5, 0.6) is 0 Å². The number of pyridine rings is 1. The highest BCUT2D eigenvalue weighted by atomic mass is 32.2. The van der Waals surface area contributed by atoms with E-state index in [9.17, 15) is 18.0 Å². The minimum Gasteiger partial charge on any atom is -0.478 e. The average molecular weight is 315 g/mol. The summed E-state index contributed by atoms with van der Waals surface area (Å²) in [6.45, 7) is 3.12. The molecular weight excluding hydrogens is 298 g/mol. The fraction of sp³-hybridized carbons (Fsp3) is 0.417. The standard InChI is InChI=1S/C12H17N3O5S/c1-3-4-21(19,20)15-8(2)11(16)14-10-5-9(12(17)18)6-13-7-10/h5-8,15H,3-4H2,1-2H3,(H,14,16)(H,17,18). The molecule has 3 N–H and O–H groups in total. The van der Waals surface area contributed by atoms with Crippen molar-refractivity contribution in [2.24, 2.45) is 0 Å². The van der Waals surface area contributed by atoms with E-state index < -0.39 is 27.9 Å². The van der Waals surface area contributed by atoms with Gasteiger partial charge < -0.3 is 10.4 Å². The quantitative estimate of drug-likeness (QED) is 0.670. The number of nitrogens with one attached hydrogen (secondary N) is 2. The van der Waals surface area contributed by atoms with Crippen LogP contribution in [-0.2, 0) is 14.8 Å². The Hall–Kier alpha value is -2.00. The molecule has 21 heavy (non-hydrogen) atoms. The van der Waals surface area contributed by atoms with Crippen molar-refractivity contribution in [1.29, 1.82) is 0 Å². The Bertz CT molecular complexity index is 630. The van der Waals surface area contributed by atoms with E-state index in [2.05, 4.69) is 15.0 Å². The predicted octanol–water partition coefficient (Wildman–Crippen LogP) is 0.436. The van der Waals surface area contributed by atoms with Gasteiger partial charge in [-0.3, -0.25) is 9.78 Å². The molecule has 1 heterocycles. The number of hydrogen-bond donors (Lipinski definition) is 3. The van der Waals surface area contributed by atoms with Crippen molar-refractivity contribution in [1.82, 2.24) is 9.71 Å². The van der Waals surface area contributed by atoms with Crippen LogP contribution in [0, 0.1) is 0 Å². The number of amides is 1. The molecule has 0 aliphatic rings. The maximum Gasteiger partial charge on any atom is 0.337 e. The minimum absolute atomic E-state index is 0.0688. The monoisotopic (exact) mass is 315 g/mol. The molecule has 1 amide bonds. The van der Waals surface area contributed by atoms with Gasteiger partial charge in [0.15, 0.2) is 0 Å². The summed E-state index contributed by atoms with van der Waals surface area (Å²) in [5.41, 5.74) is 0.105. The molecule has 1 aromatic heterocycles. The summed E-state index contributed by atoms with van der Waals surface area (Å²) in [7, 11) is -3.51. The summed E-state index contributed by atoms with van der Waals surface area (Å²) >= 11 is 0. The second kappa shape index (κ2) is 7.14. The van der Waals surface area contributed by atoms with Crippen LogP contribution >= 0.6 is 0 Å². The van der Waals surface area contributed by atoms with E-state index in [4.69, 9.17) is 5.11 Å². The molecule has 0 saturated carbocycles. The number of aromatic nitrogens is 1. The van der Waals surface area contributed by atoms with Gasteiger partial charge in [0, 0.05) is 6.20 Å². The summed E-state index contributed by atoms with van der Waals surface area (Å²) in [6, 6.07) is 0.260. The lowest BCUT2D eigenvalue weighted by atomic mass is 10.2. The topological polar surface area (TPSA) is 125 Å². The van der Waals surface area contributed by atoms with Crippen molar-refractivity contribution >= 4 is 27.6 Å². The lowest BCUT2D eigenvalue weighted by molar-refractivity contribution is -0.117. The largest absolute Gasteiger partial charge is 0.478 e. The number of carboxylic acid groups (broad SMARTS) is 1. The molecule has 0 aromatic carbocycles. The molecule has 0 spiro atoms. The summed E-state index contributed by atoms with van der Waals surface area (Å²) in [4.78, 5) is 26.3.